The lowest BCUT2D eigenvalue weighted by Gasteiger charge is -2.49. The van der Waals surface area contributed by atoms with Crippen molar-refractivity contribution >= 4 is 23.2 Å². The number of carbonyl (C=O) groups excluding carboxylic acids is 2. The lowest BCUT2D eigenvalue weighted by atomic mass is 9.75. The quantitative estimate of drug-likeness (QED) is 0.734. The van der Waals surface area contributed by atoms with Crippen molar-refractivity contribution in [1.29, 1.82) is 0 Å². The molecule has 0 aliphatic heterocycles. The largest absolute Gasteiger partial charge is 0.352 e. The van der Waals surface area contributed by atoms with E-state index in [2.05, 4.69) is 46.8 Å². The zero-order valence-electron chi connectivity index (χ0n) is 15.9. The first kappa shape index (κ1) is 19.6. The standard InChI is InChI=1S/C21H27N3O2S/c1-16(23-20(26)18-10-6-13-27-18)19(25)22-15-21(11-7-12-21)24(2)14-17-8-4-3-5-9-17/h3-6,8-10,13,16H,7,11-12,14-15H2,1-2H3,(H,22,25)(H,23,26). The number of rotatable bonds is 8. The Morgan fingerprint density at radius 1 is 1.19 bits per heavy atom. The van der Waals surface area contributed by atoms with Crippen LogP contribution >= 0.6 is 11.3 Å². The summed E-state index contributed by atoms with van der Waals surface area (Å²) in [6, 6.07) is 13.4. The minimum absolute atomic E-state index is 0.00296. The van der Waals surface area contributed by atoms with Crippen molar-refractivity contribution in [3.63, 3.8) is 0 Å². The molecule has 2 amide bonds. The zero-order valence-corrected chi connectivity index (χ0v) is 16.7. The molecule has 1 saturated carbocycles. The number of amides is 2. The molecule has 2 aromatic rings. The van der Waals surface area contributed by atoms with E-state index in [0.29, 0.717) is 11.4 Å². The van der Waals surface area contributed by atoms with E-state index in [1.54, 1.807) is 13.0 Å². The number of thiophene rings is 1. The SMILES string of the molecule is CC(NC(=O)c1cccs1)C(=O)NCC1(N(C)Cc2ccccc2)CCC1. The van der Waals surface area contributed by atoms with E-state index in [4.69, 9.17) is 0 Å². The van der Waals surface area contributed by atoms with Crippen molar-refractivity contribution in [2.75, 3.05) is 13.6 Å². The molecular weight excluding hydrogens is 358 g/mol. The van der Waals surface area contributed by atoms with Gasteiger partial charge in [-0.1, -0.05) is 36.4 Å². The number of likely N-dealkylation sites (N-methyl/N-ethyl adjacent to an activating group) is 1. The van der Waals surface area contributed by atoms with Crippen molar-refractivity contribution in [3.8, 4) is 0 Å². The van der Waals surface area contributed by atoms with Gasteiger partial charge in [0.2, 0.25) is 5.91 Å². The average Bonchev–Trinajstić information content (AvgIpc) is 3.16. The topological polar surface area (TPSA) is 61.4 Å². The van der Waals surface area contributed by atoms with E-state index in [9.17, 15) is 9.59 Å². The molecule has 0 saturated heterocycles. The minimum Gasteiger partial charge on any atom is -0.352 e. The van der Waals surface area contributed by atoms with E-state index in [-0.39, 0.29) is 17.4 Å². The predicted octanol–water partition coefficient (Wildman–Crippen LogP) is 3.04. The highest BCUT2D eigenvalue weighted by molar-refractivity contribution is 7.12. The Hall–Kier alpha value is -2.18. The summed E-state index contributed by atoms with van der Waals surface area (Å²) in [5, 5.41) is 7.67. The fraction of sp³-hybridized carbons (Fsp3) is 0.429. The maximum absolute atomic E-state index is 12.5. The number of nitrogens with one attached hydrogen (secondary N) is 2. The van der Waals surface area contributed by atoms with Crippen LogP contribution in [0.4, 0.5) is 0 Å². The van der Waals surface area contributed by atoms with Crippen LogP contribution in [0.3, 0.4) is 0 Å². The number of hydrogen-bond acceptors (Lipinski definition) is 4. The fourth-order valence-electron chi connectivity index (χ4n) is 3.45. The van der Waals surface area contributed by atoms with Gasteiger partial charge in [0, 0.05) is 18.6 Å². The molecular formula is C21H27N3O2S. The molecule has 0 bridgehead atoms. The summed E-state index contributed by atoms with van der Waals surface area (Å²) in [6.45, 7) is 3.19. The van der Waals surface area contributed by atoms with Crippen molar-refractivity contribution in [1.82, 2.24) is 15.5 Å². The molecule has 1 heterocycles. The summed E-state index contributed by atoms with van der Waals surface area (Å²) in [5.74, 6) is -0.341. The van der Waals surface area contributed by atoms with Gasteiger partial charge in [0.15, 0.2) is 0 Å². The third-order valence-electron chi connectivity index (χ3n) is 5.43. The van der Waals surface area contributed by atoms with E-state index >= 15 is 0 Å². The summed E-state index contributed by atoms with van der Waals surface area (Å²) < 4.78 is 0. The Morgan fingerprint density at radius 2 is 1.93 bits per heavy atom. The molecule has 1 atom stereocenters. The van der Waals surface area contributed by atoms with Gasteiger partial charge in [0.25, 0.3) is 5.91 Å². The van der Waals surface area contributed by atoms with E-state index in [1.807, 2.05) is 17.5 Å². The maximum atomic E-state index is 12.5. The molecule has 144 valence electrons. The number of nitrogens with zero attached hydrogens (tertiary/aromatic N) is 1. The van der Waals surface area contributed by atoms with Crippen LogP contribution < -0.4 is 10.6 Å². The van der Waals surface area contributed by atoms with Crippen molar-refractivity contribution in [3.05, 3.63) is 58.3 Å². The maximum Gasteiger partial charge on any atom is 0.261 e. The summed E-state index contributed by atoms with van der Waals surface area (Å²) in [5.41, 5.74) is 1.28. The summed E-state index contributed by atoms with van der Waals surface area (Å²) in [7, 11) is 2.13. The van der Waals surface area contributed by atoms with Crippen LogP contribution in [-0.4, -0.2) is 41.9 Å². The Bertz CT molecular complexity index is 757. The average molecular weight is 386 g/mol. The Balaban J connectivity index is 1.52. The molecule has 1 aliphatic rings. The van der Waals surface area contributed by atoms with Gasteiger partial charge in [-0.2, -0.15) is 0 Å². The van der Waals surface area contributed by atoms with Gasteiger partial charge in [-0.15, -0.1) is 11.3 Å². The van der Waals surface area contributed by atoms with Gasteiger partial charge in [0.05, 0.1) is 4.88 Å². The van der Waals surface area contributed by atoms with E-state index < -0.39 is 6.04 Å². The first-order chi connectivity index (χ1) is 13.0. The van der Waals surface area contributed by atoms with Crippen LogP contribution in [0.1, 0.15) is 41.4 Å². The highest BCUT2D eigenvalue weighted by Crippen LogP contribution is 2.37. The van der Waals surface area contributed by atoms with Crippen LogP contribution in [0.25, 0.3) is 0 Å². The van der Waals surface area contributed by atoms with Crippen molar-refractivity contribution < 1.29 is 9.59 Å². The molecule has 5 nitrogen and oxygen atoms in total. The summed E-state index contributed by atoms with van der Waals surface area (Å²) in [4.78, 5) is 27.6. The highest BCUT2D eigenvalue weighted by atomic mass is 32.1. The van der Waals surface area contributed by atoms with Crippen LogP contribution in [0.2, 0.25) is 0 Å². The number of carbonyl (C=O) groups is 2. The Morgan fingerprint density at radius 3 is 2.52 bits per heavy atom. The molecule has 2 N–H and O–H groups in total. The second kappa shape index (κ2) is 8.67. The van der Waals surface area contributed by atoms with Crippen LogP contribution in [0, 0.1) is 0 Å². The molecule has 6 heteroatoms. The van der Waals surface area contributed by atoms with Gasteiger partial charge in [-0.25, -0.2) is 0 Å². The molecule has 1 fully saturated rings. The van der Waals surface area contributed by atoms with Gasteiger partial charge >= 0.3 is 0 Å². The molecule has 1 unspecified atom stereocenters. The van der Waals surface area contributed by atoms with Crippen LogP contribution in [-0.2, 0) is 11.3 Å². The van der Waals surface area contributed by atoms with Gasteiger partial charge < -0.3 is 10.6 Å². The molecule has 1 aromatic carbocycles. The molecule has 1 aromatic heterocycles. The second-order valence-corrected chi connectivity index (χ2v) is 8.26. The first-order valence-corrected chi connectivity index (χ1v) is 10.3. The third kappa shape index (κ3) is 4.76. The lowest BCUT2D eigenvalue weighted by Crippen LogP contribution is -2.59. The molecule has 0 radical (unpaired) electrons. The highest BCUT2D eigenvalue weighted by Gasteiger charge is 2.41. The normalized spacial score (nSPS) is 16.4. The molecule has 1 aliphatic carbocycles. The second-order valence-electron chi connectivity index (χ2n) is 7.31. The fourth-order valence-corrected chi connectivity index (χ4v) is 4.08. The van der Waals surface area contributed by atoms with Gasteiger partial charge in [0.1, 0.15) is 6.04 Å². The zero-order chi connectivity index (χ0) is 19.3. The monoisotopic (exact) mass is 385 g/mol. The van der Waals surface area contributed by atoms with Crippen LogP contribution in [0.5, 0.6) is 0 Å². The summed E-state index contributed by atoms with van der Waals surface area (Å²) in [6.07, 6.45) is 3.33. The molecule has 0 spiro atoms. The Labute approximate surface area is 164 Å². The third-order valence-corrected chi connectivity index (χ3v) is 6.30. The minimum atomic E-state index is -0.559. The van der Waals surface area contributed by atoms with Gasteiger partial charge in [-0.3, -0.25) is 14.5 Å². The Kier molecular flexibility index (Phi) is 6.29. The molecule has 27 heavy (non-hydrogen) atoms. The van der Waals surface area contributed by atoms with Crippen molar-refractivity contribution in [2.45, 2.75) is 44.3 Å². The lowest BCUT2D eigenvalue weighted by molar-refractivity contribution is -0.123. The van der Waals surface area contributed by atoms with Crippen LogP contribution in [0.15, 0.2) is 47.8 Å². The van der Waals surface area contributed by atoms with E-state index in [1.165, 1.54) is 23.3 Å². The number of hydrogen-bond donors (Lipinski definition) is 2. The predicted molar refractivity (Wildman–Crippen MR) is 109 cm³/mol. The number of benzene rings is 1. The van der Waals surface area contributed by atoms with Crippen molar-refractivity contribution in [2.24, 2.45) is 0 Å². The van der Waals surface area contributed by atoms with E-state index in [0.717, 1.165) is 19.4 Å². The van der Waals surface area contributed by atoms with Gasteiger partial charge in [-0.05, 0) is 50.2 Å². The first-order valence-electron chi connectivity index (χ1n) is 9.37. The molecule has 3 rings (SSSR count). The summed E-state index contributed by atoms with van der Waals surface area (Å²) >= 11 is 1.37. The smallest absolute Gasteiger partial charge is 0.261 e.